The van der Waals surface area contributed by atoms with Crippen LogP contribution in [0, 0.1) is 0 Å². The molecule has 1 saturated heterocycles. The van der Waals surface area contributed by atoms with Crippen LogP contribution in [-0.2, 0) is 11.4 Å². The summed E-state index contributed by atoms with van der Waals surface area (Å²) in [7, 11) is 0. The van der Waals surface area contributed by atoms with Crippen LogP contribution >= 0.6 is 0 Å². The first-order valence-corrected chi connectivity index (χ1v) is 8.16. The monoisotopic (exact) mass is 326 g/mol. The smallest absolute Gasteiger partial charge is 0.325 e. The maximum absolute atomic E-state index is 12.9. The molecule has 5 heteroatoms. The van der Waals surface area contributed by atoms with E-state index in [1.807, 2.05) is 12.1 Å². The SMILES string of the molecule is CCN1C(=O)N(CC)[C@@](O)(c2ccccc2)[C@@]1(O)c1ccccc1. The fraction of sp³-hybridized carbons (Fsp3) is 0.316. The second-order valence-corrected chi connectivity index (χ2v) is 5.85. The first-order chi connectivity index (χ1) is 11.5. The third-order valence-corrected chi connectivity index (χ3v) is 4.71. The molecule has 2 N–H and O–H groups in total. The largest absolute Gasteiger partial charge is 0.363 e. The lowest BCUT2D eigenvalue weighted by Crippen LogP contribution is -2.57. The molecule has 5 nitrogen and oxygen atoms in total. The number of nitrogens with zero attached hydrogens (tertiary/aromatic N) is 2. The Kier molecular flexibility index (Phi) is 4.07. The number of carbonyl (C=O) groups is 1. The van der Waals surface area contributed by atoms with Crippen molar-refractivity contribution in [1.82, 2.24) is 9.80 Å². The Labute approximate surface area is 141 Å². The van der Waals surface area contributed by atoms with Crippen molar-refractivity contribution in [1.29, 1.82) is 0 Å². The molecule has 3 rings (SSSR count). The predicted molar refractivity (Wildman–Crippen MR) is 90.8 cm³/mol. The Morgan fingerprint density at radius 3 is 1.38 bits per heavy atom. The van der Waals surface area contributed by atoms with E-state index in [2.05, 4.69) is 0 Å². The van der Waals surface area contributed by atoms with Crippen molar-refractivity contribution in [3.63, 3.8) is 0 Å². The number of likely N-dealkylation sites (N-methyl/N-ethyl adjacent to an activating group) is 2. The number of hydrogen-bond acceptors (Lipinski definition) is 3. The van der Waals surface area contributed by atoms with Gasteiger partial charge in [0.05, 0.1) is 0 Å². The van der Waals surface area contributed by atoms with Crippen LogP contribution in [0.15, 0.2) is 60.7 Å². The molecule has 0 aliphatic carbocycles. The van der Waals surface area contributed by atoms with E-state index < -0.39 is 17.5 Å². The van der Waals surface area contributed by atoms with Crippen LogP contribution in [-0.4, -0.2) is 39.1 Å². The van der Waals surface area contributed by atoms with Gasteiger partial charge < -0.3 is 10.2 Å². The minimum Gasteiger partial charge on any atom is -0.363 e. The molecule has 2 amide bonds. The zero-order valence-corrected chi connectivity index (χ0v) is 13.9. The number of carbonyl (C=O) groups excluding carboxylic acids is 1. The molecule has 0 aromatic heterocycles. The lowest BCUT2D eigenvalue weighted by Gasteiger charge is -2.43. The van der Waals surface area contributed by atoms with Gasteiger partial charge >= 0.3 is 6.03 Å². The van der Waals surface area contributed by atoms with Crippen molar-refractivity contribution >= 4 is 6.03 Å². The number of hydrogen-bond donors (Lipinski definition) is 2. The van der Waals surface area contributed by atoms with Crippen molar-refractivity contribution in [2.75, 3.05) is 13.1 Å². The first-order valence-electron chi connectivity index (χ1n) is 8.16. The molecular formula is C19H22N2O3. The molecule has 2 aromatic carbocycles. The van der Waals surface area contributed by atoms with Gasteiger partial charge in [-0.25, -0.2) is 4.79 Å². The first kappa shape index (κ1) is 16.5. The fourth-order valence-corrected chi connectivity index (χ4v) is 3.58. The van der Waals surface area contributed by atoms with Gasteiger partial charge in [0.1, 0.15) is 0 Å². The van der Waals surface area contributed by atoms with Crippen molar-refractivity contribution in [3.05, 3.63) is 71.8 Å². The normalized spacial score (nSPS) is 26.9. The van der Waals surface area contributed by atoms with E-state index in [0.29, 0.717) is 11.1 Å². The second kappa shape index (κ2) is 5.92. The average molecular weight is 326 g/mol. The Morgan fingerprint density at radius 1 is 0.750 bits per heavy atom. The van der Waals surface area contributed by atoms with E-state index in [4.69, 9.17) is 0 Å². The quantitative estimate of drug-likeness (QED) is 0.907. The van der Waals surface area contributed by atoms with Gasteiger partial charge in [-0.05, 0) is 13.8 Å². The lowest BCUT2D eigenvalue weighted by atomic mass is 9.85. The molecule has 2 aromatic rings. The minimum absolute atomic E-state index is 0.274. The maximum Gasteiger partial charge on any atom is 0.325 e. The van der Waals surface area contributed by atoms with E-state index in [1.165, 1.54) is 9.80 Å². The van der Waals surface area contributed by atoms with Gasteiger partial charge in [0.25, 0.3) is 0 Å². The summed E-state index contributed by atoms with van der Waals surface area (Å²) in [5, 5.41) is 23.4. The highest BCUT2D eigenvalue weighted by atomic mass is 16.4. The Bertz CT molecular complexity index is 660. The van der Waals surface area contributed by atoms with Gasteiger partial charge in [-0.3, -0.25) is 9.80 Å². The topological polar surface area (TPSA) is 64.0 Å². The van der Waals surface area contributed by atoms with Crippen LogP contribution in [0.2, 0.25) is 0 Å². The van der Waals surface area contributed by atoms with Crippen molar-refractivity contribution < 1.29 is 15.0 Å². The Morgan fingerprint density at radius 2 is 1.08 bits per heavy atom. The van der Waals surface area contributed by atoms with E-state index in [1.54, 1.807) is 62.4 Å². The summed E-state index contributed by atoms with van der Waals surface area (Å²) in [6.45, 7) is 4.12. The van der Waals surface area contributed by atoms with Crippen molar-refractivity contribution in [2.24, 2.45) is 0 Å². The van der Waals surface area contributed by atoms with Crippen molar-refractivity contribution in [3.8, 4) is 0 Å². The van der Waals surface area contributed by atoms with Crippen LogP contribution in [0.3, 0.4) is 0 Å². The molecule has 1 aliphatic heterocycles. The van der Waals surface area contributed by atoms with E-state index in [9.17, 15) is 15.0 Å². The predicted octanol–water partition coefficient (Wildman–Crippen LogP) is 2.45. The third kappa shape index (κ3) is 1.98. The molecule has 1 heterocycles. The summed E-state index contributed by atoms with van der Waals surface area (Å²) < 4.78 is 0. The second-order valence-electron chi connectivity index (χ2n) is 5.85. The number of urea groups is 1. The summed E-state index contributed by atoms with van der Waals surface area (Å²) in [4.78, 5) is 15.5. The van der Waals surface area contributed by atoms with Crippen LogP contribution < -0.4 is 0 Å². The highest BCUT2D eigenvalue weighted by Gasteiger charge is 2.67. The van der Waals surface area contributed by atoms with Gasteiger partial charge in [-0.1, -0.05) is 60.7 Å². The van der Waals surface area contributed by atoms with Gasteiger partial charge in [-0.2, -0.15) is 0 Å². The standard InChI is InChI=1S/C19H22N2O3/c1-3-20-17(22)21(4-2)19(24,16-13-9-6-10-14-16)18(20,23)15-11-7-5-8-12-15/h5-14,23-24H,3-4H2,1-2H3/t18-,19+. The molecule has 0 spiro atoms. The van der Waals surface area contributed by atoms with E-state index >= 15 is 0 Å². The molecule has 1 aliphatic rings. The van der Waals surface area contributed by atoms with E-state index in [-0.39, 0.29) is 13.1 Å². The summed E-state index contributed by atoms with van der Waals surface area (Å²) in [6.07, 6.45) is 0. The number of rotatable bonds is 4. The molecule has 126 valence electrons. The molecular weight excluding hydrogens is 304 g/mol. The minimum atomic E-state index is -1.88. The van der Waals surface area contributed by atoms with Gasteiger partial charge in [0, 0.05) is 24.2 Å². The number of aliphatic hydroxyl groups is 2. The van der Waals surface area contributed by atoms with Crippen LogP contribution in [0.1, 0.15) is 25.0 Å². The van der Waals surface area contributed by atoms with Gasteiger partial charge in [-0.15, -0.1) is 0 Å². The molecule has 2 atom stereocenters. The molecule has 0 saturated carbocycles. The Balaban J connectivity index is 2.31. The average Bonchev–Trinajstić information content (AvgIpc) is 2.80. The molecule has 0 unspecified atom stereocenters. The Hall–Kier alpha value is -2.37. The zero-order valence-electron chi connectivity index (χ0n) is 13.9. The summed E-state index contributed by atoms with van der Waals surface area (Å²) in [5.41, 5.74) is -2.81. The summed E-state index contributed by atoms with van der Waals surface area (Å²) >= 11 is 0. The number of amides is 2. The molecule has 1 fully saturated rings. The zero-order chi connectivity index (χ0) is 17.4. The molecule has 0 radical (unpaired) electrons. The molecule has 24 heavy (non-hydrogen) atoms. The van der Waals surface area contributed by atoms with Crippen LogP contribution in [0.5, 0.6) is 0 Å². The van der Waals surface area contributed by atoms with E-state index in [0.717, 1.165) is 0 Å². The number of benzene rings is 2. The van der Waals surface area contributed by atoms with Crippen LogP contribution in [0.4, 0.5) is 4.79 Å². The molecule has 0 bridgehead atoms. The highest BCUT2D eigenvalue weighted by Crippen LogP contribution is 2.50. The summed E-state index contributed by atoms with van der Waals surface area (Å²) in [6, 6.07) is 17.3. The third-order valence-electron chi connectivity index (χ3n) is 4.71. The lowest BCUT2D eigenvalue weighted by molar-refractivity contribution is -0.243. The fourth-order valence-electron chi connectivity index (χ4n) is 3.58. The highest BCUT2D eigenvalue weighted by molar-refractivity contribution is 5.80. The summed E-state index contributed by atoms with van der Waals surface area (Å²) in [5.74, 6) is 0. The van der Waals surface area contributed by atoms with Crippen molar-refractivity contribution in [2.45, 2.75) is 25.3 Å². The van der Waals surface area contributed by atoms with Crippen LogP contribution in [0.25, 0.3) is 0 Å². The maximum atomic E-state index is 12.9. The van der Waals surface area contributed by atoms with Gasteiger partial charge in [0.2, 0.25) is 11.4 Å². The van der Waals surface area contributed by atoms with Gasteiger partial charge in [0.15, 0.2) is 0 Å².